The number of nitrogens with zero attached hydrogens (tertiary/aromatic N) is 1. The van der Waals surface area contributed by atoms with E-state index in [0.29, 0.717) is 31.2 Å². The van der Waals surface area contributed by atoms with Gasteiger partial charge in [-0.3, -0.25) is 14.4 Å². The smallest absolute Gasteiger partial charge is 0.307 e. The van der Waals surface area contributed by atoms with Crippen molar-refractivity contribution in [2.24, 2.45) is 5.92 Å². The summed E-state index contributed by atoms with van der Waals surface area (Å²) in [6, 6.07) is 8.98. The van der Waals surface area contributed by atoms with Gasteiger partial charge in [-0.05, 0) is 19.3 Å². The molecule has 0 heterocycles. The fourth-order valence-corrected chi connectivity index (χ4v) is 2.38. The lowest BCUT2D eigenvalue weighted by molar-refractivity contribution is -0.144. The average Bonchev–Trinajstić information content (AvgIpc) is 2.60. The maximum absolute atomic E-state index is 12.5. The number of amides is 1. The molecule has 0 N–H and O–H groups in total. The molecule has 1 aromatic rings. The van der Waals surface area contributed by atoms with Gasteiger partial charge in [0.05, 0.1) is 13.0 Å². The molecule has 0 aromatic heterocycles. The first-order valence-corrected chi connectivity index (χ1v) is 8.95. The molecule has 5 nitrogen and oxygen atoms in total. The minimum absolute atomic E-state index is 0.0387. The van der Waals surface area contributed by atoms with Gasteiger partial charge < -0.3 is 9.64 Å². The maximum atomic E-state index is 12.5. The van der Waals surface area contributed by atoms with Gasteiger partial charge in [0.25, 0.3) is 0 Å². The Labute approximate surface area is 150 Å². The normalized spacial score (nSPS) is 10.6. The van der Waals surface area contributed by atoms with E-state index in [0.717, 1.165) is 6.42 Å². The Morgan fingerprint density at radius 3 is 2.28 bits per heavy atom. The van der Waals surface area contributed by atoms with Crippen LogP contribution < -0.4 is 0 Å². The van der Waals surface area contributed by atoms with E-state index in [1.807, 2.05) is 18.2 Å². The van der Waals surface area contributed by atoms with Crippen LogP contribution in [0, 0.1) is 5.92 Å². The fraction of sp³-hybridized carbons (Fsp3) is 0.550. The summed E-state index contributed by atoms with van der Waals surface area (Å²) in [4.78, 5) is 37.8. The minimum Gasteiger partial charge on any atom is -0.466 e. The highest BCUT2D eigenvalue weighted by atomic mass is 16.5. The number of rotatable bonds is 11. The zero-order chi connectivity index (χ0) is 18.7. The molecule has 0 aliphatic rings. The SMILES string of the molecule is CCOC(=O)CCN(CCC(C)C)C(=O)CCC(=O)c1ccccc1. The summed E-state index contributed by atoms with van der Waals surface area (Å²) in [6.45, 7) is 7.21. The molecular formula is C20H29NO4. The van der Waals surface area contributed by atoms with Crippen LogP contribution in [0.5, 0.6) is 0 Å². The third-order valence-electron chi connectivity index (χ3n) is 3.88. The van der Waals surface area contributed by atoms with Crippen LogP contribution in [-0.4, -0.2) is 42.3 Å². The Morgan fingerprint density at radius 1 is 1.00 bits per heavy atom. The molecule has 0 radical (unpaired) electrons. The first-order valence-electron chi connectivity index (χ1n) is 8.95. The second-order valence-electron chi connectivity index (χ2n) is 6.41. The van der Waals surface area contributed by atoms with E-state index < -0.39 is 0 Å². The number of carbonyl (C=O) groups excluding carboxylic acids is 3. The van der Waals surface area contributed by atoms with Crippen LogP contribution in [0.1, 0.15) is 56.8 Å². The molecule has 0 aliphatic heterocycles. The molecule has 1 aromatic carbocycles. The van der Waals surface area contributed by atoms with E-state index in [9.17, 15) is 14.4 Å². The molecule has 1 amide bonds. The van der Waals surface area contributed by atoms with Gasteiger partial charge in [-0.25, -0.2) is 0 Å². The standard InChI is InChI=1S/C20H29NO4/c1-4-25-20(24)13-15-21(14-12-16(2)3)19(23)11-10-18(22)17-8-6-5-7-9-17/h5-9,16H,4,10-15H2,1-3H3. The van der Waals surface area contributed by atoms with Crippen molar-refractivity contribution in [1.29, 1.82) is 0 Å². The number of benzene rings is 1. The molecule has 0 unspecified atom stereocenters. The first-order chi connectivity index (χ1) is 11.9. The van der Waals surface area contributed by atoms with Crippen molar-refractivity contribution in [3.05, 3.63) is 35.9 Å². The average molecular weight is 347 g/mol. The van der Waals surface area contributed by atoms with E-state index in [1.54, 1.807) is 24.0 Å². The largest absolute Gasteiger partial charge is 0.466 e. The van der Waals surface area contributed by atoms with Gasteiger partial charge >= 0.3 is 5.97 Å². The van der Waals surface area contributed by atoms with Crippen molar-refractivity contribution in [2.45, 2.75) is 46.5 Å². The van der Waals surface area contributed by atoms with Gasteiger partial charge in [-0.2, -0.15) is 0 Å². The van der Waals surface area contributed by atoms with E-state index >= 15 is 0 Å². The summed E-state index contributed by atoms with van der Waals surface area (Å²) in [5.41, 5.74) is 0.621. The van der Waals surface area contributed by atoms with E-state index in [-0.39, 0.29) is 36.9 Å². The lowest BCUT2D eigenvalue weighted by atomic mass is 10.1. The monoisotopic (exact) mass is 347 g/mol. The summed E-state index contributed by atoms with van der Waals surface area (Å²) >= 11 is 0. The van der Waals surface area contributed by atoms with Crippen LogP contribution in [-0.2, 0) is 14.3 Å². The molecule has 0 saturated carbocycles. The van der Waals surface area contributed by atoms with Crippen molar-refractivity contribution in [2.75, 3.05) is 19.7 Å². The molecule has 25 heavy (non-hydrogen) atoms. The van der Waals surface area contributed by atoms with Crippen LogP contribution in [0.2, 0.25) is 0 Å². The minimum atomic E-state index is -0.301. The van der Waals surface area contributed by atoms with Crippen molar-refractivity contribution in [3.63, 3.8) is 0 Å². The number of ether oxygens (including phenoxy) is 1. The topological polar surface area (TPSA) is 63.7 Å². The number of ketones is 1. The summed E-state index contributed by atoms with van der Waals surface area (Å²) in [5, 5.41) is 0. The van der Waals surface area contributed by atoms with Crippen LogP contribution in [0.3, 0.4) is 0 Å². The molecule has 5 heteroatoms. The Hall–Kier alpha value is -2.17. The molecular weight excluding hydrogens is 318 g/mol. The second-order valence-corrected chi connectivity index (χ2v) is 6.41. The third-order valence-corrected chi connectivity index (χ3v) is 3.88. The molecule has 0 saturated heterocycles. The van der Waals surface area contributed by atoms with Gasteiger partial charge in [-0.15, -0.1) is 0 Å². The zero-order valence-corrected chi connectivity index (χ0v) is 15.5. The predicted molar refractivity (Wildman–Crippen MR) is 97.3 cm³/mol. The van der Waals surface area contributed by atoms with Crippen molar-refractivity contribution >= 4 is 17.7 Å². The number of carbonyl (C=O) groups is 3. The Bertz CT molecular complexity index is 554. The lowest BCUT2D eigenvalue weighted by Crippen LogP contribution is -2.35. The summed E-state index contributed by atoms with van der Waals surface area (Å²) in [5.74, 6) is 0.0337. The van der Waals surface area contributed by atoms with Crippen molar-refractivity contribution in [1.82, 2.24) is 4.90 Å². The molecule has 138 valence electrons. The van der Waals surface area contributed by atoms with Crippen LogP contribution in [0.25, 0.3) is 0 Å². The van der Waals surface area contributed by atoms with Crippen molar-refractivity contribution < 1.29 is 19.1 Å². The van der Waals surface area contributed by atoms with Crippen LogP contribution in [0.4, 0.5) is 0 Å². The van der Waals surface area contributed by atoms with Gasteiger partial charge in [0.15, 0.2) is 5.78 Å². The lowest BCUT2D eigenvalue weighted by Gasteiger charge is -2.23. The highest BCUT2D eigenvalue weighted by Crippen LogP contribution is 2.10. The van der Waals surface area contributed by atoms with Crippen LogP contribution >= 0.6 is 0 Å². The number of hydrogen-bond acceptors (Lipinski definition) is 4. The van der Waals surface area contributed by atoms with Gasteiger partial charge in [0, 0.05) is 31.5 Å². The van der Waals surface area contributed by atoms with Crippen LogP contribution in [0.15, 0.2) is 30.3 Å². The predicted octanol–water partition coefficient (Wildman–Crippen LogP) is 3.48. The molecule has 0 aliphatic carbocycles. The van der Waals surface area contributed by atoms with Gasteiger partial charge in [0.2, 0.25) is 5.91 Å². The summed E-state index contributed by atoms with van der Waals surface area (Å²) in [7, 11) is 0. The molecule has 0 atom stereocenters. The Morgan fingerprint density at radius 2 is 1.68 bits per heavy atom. The maximum Gasteiger partial charge on any atom is 0.307 e. The Balaban J connectivity index is 2.55. The molecule has 0 spiro atoms. The highest BCUT2D eigenvalue weighted by Gasteiger charge is 2.17. The molecule has 0 bridgehead atoms. The fourth-order valence-electron chi connectivity index (χ4n) is 2.38. The summed E-state index contributed by atoms with van der Waals surface area (Å²) in [6.07, 6.45) is 1.39. The third kappa shape index (κ3) is 8.47. The quantitative estimate of drug-likeness (QED) is 0.454. The first kappa shape index (κ1) is 20.9. The van der Waals surface area contributed by atoms with Crippen molar-refractivity contribution in [3.8, 4) is 0 Å². The molecule has 0 fully saturated rings. The number of hydrogen-bond donors (Lipinski definition) is 0. The van der Waals surface area contributed by atoms with E-state index in [4.69, 9.17) is 4.74 Å². The van der Waals surface area contributed by atoms with Gasteiger partial charge in [0.1, 0.15) is 0 Å². The van der Waals surface area contributed by atoms with E-state index in [2.05, 4.69) is 13.8 Å². The summed E-state index contributed by atoms with van der Waals surface area (Å²) < 4.78 is 4.92. The zero-order valence-electron chi connectivity index (χ0n) is 15.5. The second kappa shape index (κ2) is 11.4. The van der Waals surface area contributed by atoms with Gasteiger partial charge in [-0.1, -0.05) is 44.2 Å². The Kier molecular flexibility index (Phi) is 9.51. The number of Topliss-reactive ketones (excluding diaryl/α,β-unsaturated/α-hetero) is 1. The highest BCUT2D eigenvalue weighted by molar-refractivity contribution is 5.97. The number of esters is 1. The van der Waals surface area contributed by atoms with E-state index in [1.165, 1.54) is 0 Å². The molecule has 1 rings (SSSR count).